The summed E-state index contributed by atoms with van der Waals surface area (Å²) < 4.78 is 1.04. The molecule has 0 atom stereocenters. The Bertz CT molecular complexity index is 758. The molecule has 0 aliphatic carbocycles. The summed E-state index contributed by atoms with van der Waals surface area (Å²) in [6.07, 6.45) is 0. The second-order valence-electron chi connectivity index (χ2n) is 4.81. The number of hydrogen-bond acceptors (Lipinski definition) is 1. The van der Waals surface area contributed by atoms with Crippen LogP contribution in [0, 0.1) is 0 Å². The van der Waals surface area contributed by atoms with Crippen molar-refractivity contribution >= 4 is 33.1 Å². The van der Waals surface area contributed by atoms with Crippen molar-refractivity contribution in [2.75, 3.05) is 0 Å². The average molecular weight is 348 g/mol. The van der Waals surface area contributed by atoms with Crippen molar-refractivity contribution in [3.05, 3.63) is 101 Å². The highest BCUT2D eigenvalue weighted by atomic mass is 79.9. The Kier molecular flexibility index (Phi) is 4.65. The first-order valence-electron chi connectivity index (χ1n) is 7.03. The monoisotopic (exact) mass is 347 g/mol. The molecule has 0 heterocycles. The van der Waals surface area contributed by atoms with Crippen LogP contribution >= 0.6 is 15.9 Å². The van der Waals surface area contributed by atoms with Gasteiger partial charge >= 0.3 is 0 Å². The zero-order valence-electron chi connectivity index (χ0n) is 11.9. The standard InChI is InChI=1S/C20H14BrN/c21-18-11-13-19(14-12-18)22-15-20(16-7-3-1-4-8-16)17-9-5-2-6-10-17/h1-14H. The van der Waals surface area contributed by atoms with E-state index in [1.54, 1.807) is 0 Å². The van der Waals surface area contributed by atoms with Gasteiger partial charge in [-0.15, -0.1) is 0 Å². The molecule has 0 fully saturated rings. The first kappa shape index (κ1) is 14.5. The predicted octanol–water partition coefficient (Wildman–Crippen LogP) is 5.88. The molecule has 3 rings (SSSR count). The lowest BCUT2D eigenvalue weighted by Crippen LogP contribution is -1.88. The first-order valence-corrected chi connectivity index (χ1v) is 7.82. The van der Waals surface area contributed by atoms with Crippen LogP contribution in [0.1, 0.15) is 11.1 Å². The Balaban J connectivity index is 2.09. The summed E-state index contributed by atoms with van der Waals surface area (Å²) in [4.78, 5) is 4.49. The Morgan fingerprint density at radius 1 is 0.682 bits per heavy atom. The van der Waals surface area contributed by atoms with Gasteiger partial charge in [-0.1, -0.05) is 76.6 Å². The van der Waals surface area contributed by atoms with Crippen molar-refractivity contribution in [3.63, 3.8) is 0 Å². The molecule has 2 heteroatoms. The van der Waals surface area contributed by atoms with Gasteiger partial charge in [0.15, 0.2) is 0 Å². The maximum absolute atomic E-state index is 4.49. The van der Waals surface area contributed by atoms with Gasteiger partial charge in [-0.25, -0.2) is 4.99 Å². The van der Waals surface area contributed by atoms with E-state index in [4.69, 9.17) is 0 Å². The van der Waals surface area contributed by atoms with E-state index in [1.807, 2.05) is 60.7 Å². The van der Waals surface area contributed by atoms with Crippen LogP contribution in [0.5, 0.6) is 0 Å². The van der Waals surface area contributed by atoms with Crippen molar-refractivity contribution in [1.82, 2.24) is 0 Å². The molecule has 0 N–H and O–H groups in total. The molecule has 0 amide bonds. The van der Waals surface area contributed by atoms with Gasteiger partial charge in [0.25, 0.3) is 0 Å². The van der Waals surface area contributed by atoms with Crippen LogP contribution in [-0.2, 0) is 0 Å². The number of rotatable bonds is 3. The highest BCUT2D eigenvalue weighted by Crippen LogP contribution is 2.21. The van der Waals surface area contributed by atoms with Crippen LogP contribution in [-0.4, -0.2) is 5.87 Å². The highest BCUT2D eigenvalue weighted by Gasteiger charge is 2.03. The minimum absolute atomic E-state index is 0.882. The number of halogens is 1. The van der Waals surface area contributed by atoms with Crippen LogP contribution in [0.4, 0.5) is 5.69 Å². The maximum Gasteiger partial charge on any atom is 0.0730 e. The summed E-state index contributed by atoms with van der Waals surface area (Å²) in [5, 5.41) is 0. The zero-order chi connectivity index (χ0) is 15.2. The molecule has 0 bridgehead atoms. The van der Waals surface area contributed by atoms with E-state index < -0.39 is 0 Å². The zero-order valence-corrected chi connectivity index (χ0v) is 13.5. The van der Waals surface area contributed by atoms with E-state index >= 15 is 0 Å². The third-order valence-electron chi connectivity index (χ3n) is 3.25. The summed E-state index contributed by atoms with van der Waals surface area (Å²) in [5.74, 6) is 3.21. The van der Waals surface area contributed by atoms with Gasteiger partial charge in [0, 0.05) is 4.47 Å². The van der Waals surface area contributed by atoms with Crippen molar-refractivity contribution < 1.29 is 0 Å². The Morgan fingerprint density at radius 3 is 1.68 bits per heavy atom. The Labute approximate surface area is 138 Å². The van der Waals surface area contributed by atoms with Crippen molar-refractivity contribution in [3.8, 4) is 0 Å². The van der Waals surface area contributed by atoms with Crippen molar-refractivity contribution in [1.29, 1.82) is 0 Å². The average Bonchev–Trinajstić information content (AvgIpc) is 2.59. The smallest absolute Gasteiger partial charge is 0.0730 e. The number of nitrogens with zero attached hydrogens (tertiary/aromatic N) is 1. The minimum atomic E-state index is 0.882. The molecule has 0 saturated heterocycles. The van der Waals surface area contributed by atoms with Crippen LogP contribution in [0.25, 0.3) is 5.57 Å². The van der Waals surface area contributed by atoms with Crippen molar-refractivity contribution in [2.24, 2.45) is 4.99 Å². The molecule has 0 aliphatic rings. The second-order valence-corrected chi connectivity index (χ2v) is 5.72. The van der Waals surface area contributed by atoms with E-state index in [9.17, 15) is 0 Å². The lowest BCUT2D eigenvalue weighted by Gasteiger charge is -2.04. The number of aliphatic imine (C=N–C) groups is 1. The van der Waals surface area contributed by atoms with Gasteiger partial charge in [0.05, 0.1) is 11.3 Å². The molecule has 3 aromatic rings. The van der Waals surface area contributed by atoms with E-state index in [0.29, 0.717) is 0 Å². The predicted molar refractivity (Wildman–Crippen MR) is 96.6 cm³/mol. The molecule has 0 spiro atoms. The van der Waals surface area contributed by atoms with Crippen LogP contribution in [0.2, 0.25) is 0 Å². The summed E-state index contributed by atoms with van der Waals surface area (Å²) >= 11 is 3.43. The van der Waals surface area contributed by atoms with Gasteiger partial charge in [-0.3, -0.25) is 0 Å². The van der Waals surface area contributed by atoms with Gasteiger partial charge < -0.3 is 0 Å². The molecule has 0 aromatic heterocycles. The fraction of sp³-hybridized carbons (Fsp3) is 0. The van der Waals surface area contributed by atoms with E-state index in [1.165, 1.54) is 0 Å². The van der Waals surface area contributed by atoms with Gasteiger partial charge in [0.1, 0.15) is 0 Å². The third-order valence-corrected chi connectivity index (χ3v) is 3.78. The molecule has 22 heavy (non-hydrogen) atoms. The molecule has 0 aliphatic heterocycles. The van der Waals surface area contributed by atoms with Gasteiger partial charge in [-0.2, -0.15) is 0 Å². The molecule has 1 nitrogen and oxygen atoms in total. The SMILES string of the molecule is Brc1ccc(N=C=C(c2ccccc2)c2ccccc2)cc1. The summed E-state index contributed by atoms with van der Waals surface area (Å²) in [6.45, 7) is 0. The van der Waals surface area contributed by atoms with E-state index in [0.717, 1.165) is 26.9 Å². The largest absolute Gasteiger partial charge is 0.206 e. The second kappa shape index (κ2) is 7.04. The third kappa shape index (κ3) is 3.62. The summed E-state index contributed by atoms with van der Waals surface area (Å²) in [6, 6.07) is 28.3. The lowest BCUT2D eigenvalue weighted by molar-refractivity contribution is 1.52. The topological polar surface area (TPSA) is 12.4 Å². The number of hydrogen-bond donors (Lipinski definition) is 0. The summed E-state index contributed by atoms with van der Waals surface area (Å²) in [5.41, 5.74) is 4.08. The normalized spacial score (nSPS) is 9.86. The highest BCUT2D eigenvalue weighted by molar-refractivity contribution is 9.10. The molecular formula is C20H14BrN. The number of benzene rings is 3. The van der Waals surface area contributed by atoms with Crippen LogP contribution in [0.3, 0.4) is 0 Å². The molecular weight excluding hydrogens is 334 g/mol. The summed E-state index contributed by atoms with van der Waals surface area (Å²) in [7, 11) is 0. The van der Waals surface area contributed by atoms with Gasteiger partial charge in [0.2, 0.25) is 0 Å². The van der Waals surface area contributed by atoms with E-state index in [2.05, 4.69) is 51.1 Å². The first-order chi connectivity index (χ1) is 10.8. The maximum atomic E-state index is 4.49. The quantitative estimate of drug-likeness (QED) is 0.524. The fourth-order valence-electron chi connectivity index (χ4n) is 2.14. The fourth-order valence-corrected chi connectivity index (χ4v) is 2.41. The van der Waals surface area contributed by atoms with Gasteiger partial charge in [-0.05, 0) is 41.3 Å². The molecule has 106 valence electrons. The van der Waals surface area contributed by atoms with Crippen molar-refractivity contribution in [2.45, 2.75) is 0 Å². The molecule has 3 aromatic carbocycles. The molecule has 0 unspecified atom stereocenters. The lowest BCUT2D eigenvalue weighted by atomic mass is 9.99. The van der Waals surface area contributed by atoms with Crippen LogP contribution in [0.15, 0.2) is 94.4 Å². The minimum Gasteiger partial charge on any atom is -0.206 e. The molecule has 0 saturated carbocycles. The Hall–Kier alpha value is -2.41. The Morgan fingerprint density at radius 2 is 1.18 bits per heavy atom. The van der Waals surface area contributed by atoms with E-state index in [-0.39, 0.29) is 0 Å². The van der Waals surface area contributed by atoms with Crippen LogP contribution < -0.4 is 0 Å². The molecule has 0 radical (unpaired) electrons.